The van der Waals surface area contributed by atoms with Crippen LogP contribution in [0.3, 0.4) is 0 Å². The van der Waals surface area contributed by atoms with Gasteiger partial charge in [-0.25, -0.2) is 0 Å². The number of carbonyl (C=O) groups is 2. The Labute approximate surface area is 197 Å². The average Bonchev–Trinajstić information content (AvgIpc) is 3.13. The number of hydrogen-bond acceptors (Lipinski definition) is 3. The quantitative estimate of drug-likeness (QED) is 0.402. The van der Waals surface area contributed by atoms with Crippen molar-refractivity contribution < 1.29 is 14.7 Å². The highest BCUT2D eigenvalue weighted by molar-refractivity contribution is 6.36. The van der Waals surface area contributed by atoms with E-state index in [9.17, 15) is 14.7 Å². The third-order valence-corrected chi connectivity index (χ3v) is 7.02. The summed E-state index contributed by atoms with van der Waals surface area (Å²) in [5, 5.41) is 14.7. The summed E-state index contributed by atoms with van der Waals surface area (Å²) in [5.74, 6) is -0.768. The molecule has 0 bridgehead atoms. The first-order valence-electron chi connectivity index (χ1n) is 10.9. The maximum Gasteiger partial charge on any atom is 0.250 e. The van der Waals surface area contributed by atoms with Gasteiger partial charge in [-0.15, -0.1) is 0 Å². The lowest BCUT2D eigenvalue weighted by Gasteiger charge is -2.32. The molecular weight excluding hydrogens is 438 g/mol. The summed E-state index contributed by atoms with van der Waals surface area (Å²) in [6, 6.07) is 7.23. The predicted molar refractivity (Wildman–Crippen MR) is 133 cm³/mol. The molecule has 0 aliphatic heterocycles. The van der Waals surface area contributed by atoms with Crippen LogP contribution in [0.15, 0.2) is 36.9 Å². The number of nitrogens with two attached hydrogens (primary N) is 1. The van der Waals surface area contributed by atoms with E-state index in [2.05, 4.69) is 16.9 Å². The Morgan fingerprint density at radius 1 is 1.36 bits per heavy atom. The summed E-state index contributed by atoms with van der Waals surface area (Å²) in [6.45, 7) is 9.09. The molecule has 3 aromatic rings. The van der Waals surface area contributed by atoms with E-state index in [-0.39, 0.29) is 11.8 Å². The first-order valence-corrected chi connectivity index (χ1v) is 11.3. The van der Waals surface area contributed by atoms with Crippen molar-refractivity contribution in [1.29, 1.82) is 0 Å². The van der Waals surface area contributed by atoms with Crippen LogP contribution >= 0.6 is 11.6 Å². The second kappa shape index (κ2) is 8.36. The van der Waals surface area contributed by atoms with Gasteiger partial charge in [-0.05, 0) is 80.9 Å². The molecule has 0 spiro atoms. The van der Waals surface area contributed by atoms with E-state index in [4.69, 9.17) is 17.3 Å². The molecule has 0 fully saturated rings. The van der Waals surface area contributed by atoms with Crippen LogP contribution in [0, 0.1) is 12.8 Å². The van der Waals surface area contributed by atoms with Crippen molar-refractivity contribution in [2.75, 3.05) is 5.32 Å². The Bertz CT molecular complexity index is 1300. The summed E-state index contributed by atoms with van der Waals surface area (Å²) in [6.07, 6.45) is 3.44. The van der Waals surface area contributed by atoms with Gasteiger partial charge in [0.2, 0.25) is 5.91 Å². The highest BCUT2D eigenvalue weighted by Gasteiger charge is 2.34. The highest BCUT2D eigenvalue weighted by atomic mass is 35.5. The zero-order chi connectivity index (χ0) is 24.1. The first-order chi connectivity index (χ1) is 15.5. The molecule has 0 radical (unpaired) electrons. The number of rotatable bonds is 5. The van der Waals surface area contributed by atoms with Gasteiger partial charge in [0, 0.05) is 27.4 Å². The fourth-order valence-corrected chi connectivity index (χ4v) is 5.17. The van der Waals surface area contributed by atoms with E-state index in [1.165, 1.54) is 6.08 Å². The van der Waals surface area contributed by atoms with E-state index in [0.29, 0.717) is 28.2 Å². The number of nitrogens with one attached hydrogen (secondary N) is 2. The Kier molecular flexibility index (Phi) is 5.85. The normalized spacial score (nSPS) is 15.8. The molecule has 33 heavy (non-hydrogen) atoms. The third-order valence-electron chi connectivity index (χ3n) is 6.73. The molecule has 2 amide bonds. The van der Waals surface area contributed by atoms with Gasteiger partial charge >= 0.3 is 0 Å². The third kappa shape index (κ3) is 4.05. The van der Waals surface area contributed by atoms with Gasteiger partial charge in [-0.3, -0.25) is 9.59 Å². The van der Waals surface area contributed by atoms with Crippen molar-refractivity contribution >= 4 is 40.0 Å². The fourth-order valence-electron chi connectivity index (χ4n) is 4.86. The van der Waals surface area contributed by atoms with E-state index < -0.39 is 11.5 Å². The number of hydrogen-bond donors (Lipinski definition) is 4. The van der Waals surface area contributed by atoms with Crippen molar-refractivity contribution in [1.82, 2.24) is 4.98 Å². The number of aryl methyl sites for hydroxylation is 1. The molecule has 0 saturated carbocycles. The second-order valence-corrected chi connectivity index (χ2v) is 9.65. The Balaban J connectivity index is 1.99. The standard InChI is InChI=1S/C26H28ClN3O3/c1-5-21(31)29-19-8-6-7-15(13(19)2)22-18(27)12-17(25(28)32)24-23(22)16-10-9-14(26(3,4)33)11-20(16)30-24/h5-8,12,14,30,33H,1,9-11H2,2-4H3,(H2,28,32)(H,29,31). The monoisotopic (exact) mass is 465 g/mol. The number of amides is 2. The number of primary amides is 1. The van der Waals surface area contributed by atoms with Crippen molar-refractivity contribution in [3.8, 4) is 11.1 Å². The summed E-state index contributed by atoms with van der Waals surface area (Å²) in [4.78, 5) is 27.6. The number of halogens is 1. The van der Waals surface area contributed by atoms with Crippen LogP contribution in [-0.2, 0) is 17.6 Å². The Morgan fingerprint density at radius 3 is 2.73 bits per heavy atom. The molecule has 4 rings (SSSR count). The molecule has 5 N–H and O–H groups in total. The average molecular weight is 466 g/mol. The lowest BCUT2D eigenvalue weighted by atomic mass is 9.77. The van der Waals surface area contributed by atoms with E-state index in [1.807, 2.05) is 39.0 Å². The van der Waals surface area contributed by atoms with Gasteiger partial charge in [0.25, 0.3) is 5.91 Å². The van der Waals surface area contributed by atoms with Crippen LogP contribution in [-0.4, -0.2) is 27.5 Å². The molecule has 1 aliphatic rings. The second-order valence-electron chi connectivity index (χ2n) is 9.24. The van der Waals surface area contributed by atoms with Crippen molar-refractivity contribution in [2.45, 2.75) is 45.6 Å². The molecule has 1 aliphatic carbocycles. The van der Waals surface area contributed by atoms with E-state index in [1.54, 1.807) is 6.07 Å². The smallest absolute Gasteiger partial charge is 0.250 e. The summed E-state index contributed by atoms with van der Waals surface area (Å²) in [7, 11) is 0. The largest absolute Gasteiger partial charge is 0.390 e. The number of H-pyrrole nitrogens is 1. The highest BCUT2D eigenvalue weighted by Crippen LogP contribution is 2.45. The van der Waals surface area contributed by atoms with Crippen LogP contribution in [0.4, 0.5) is 5.69 Å². The van der Waals surface area contributed by atoms with E-state index in [0.717, 1.165) is 46.2 Å². The molecule has 2 aromatic carbocycles. The van der Waals surface area contributed by atoms with Gasteiger partial charge in [-0.2, -0.15) is 0 Å². The summed E-state index contributed by atoms with van der Waals surface area (Å²) in [5.41, 5.74) is 11.1. The minimum Gasteiger partial charge on any atom is -0.390 e. The van der Waals surface area contributed by atoms with Gasteiger partial charge in [0.05, 0.1) is 16.7 Å². The van der Waals surface area contributed by atoms with Crippen molar-refractivity contribution in [3.63, 3.8) is 0 Å². The van der Waals surface area contributed by atoms with Crippen molar-refractivity contribution in [3.05, 3.63) is 64.3 Å². The Morgan fingerprint density at radius 2 is 2.09 bits per heavy atom. The molecule has 1 unspecified atom stereocenters. The SMILES string of the molecule is C=CC(=O)Nc1cccc(-c2c(Cl)cc(C(N)=O)c3[nH]c4c(c23)CCC(C(C)(C)O)C4)c1C. The van der Waals surface area contributed by atoms with Crippen molar-refractivity contribution in [2.24, 2.45) is 11.7 Å². The van der Waals surface area contributed by atoms with Gasteiger partial charge in [0.15, 0.2) is 0 Å². The van der Waals surface area contributed by atoms with Crippen LogP contribution in [0.5, 0.6) is 0 Å². The summed E-state index contributed by atoms with van der Waals surface area (Å²) >= 11 is 6.78. The number of aromatic nitrogens is 1. The number of aliphatic hydroxyl groups is 1. The summed E-state index contributed by atoms with van der Waals surface area (Å²) < 4.78 is 0. The topological polar surface area (TPSA) is 108 Å². The molecule has 172 valence electrons. The van der Waals surface area contributed by atoms with Crippen LogP contribution < -0.4 is 11.1 Å². The molecule has 7 heteroatoms. The number of aromatic amines is 1. The maximum absolute atomic E-state index is 12.3. The molecule has 1 atom stereocenters. The van der Waals surface area contributed by atoms with Crippen LogP contribution in [0.1, 0.15) is 47.4 Å². The first kappa shape index (κ1) is 23.1. The Hall–Kier alpha value is -3.09. The van der Waals surface area contributed by atoms with E-state index >= 15 is 0 Å². The lowest BCUT2D eigenvalue weighted by molar-refractivity contribution is -0.111. The molecule has 1 aromatic heterocycles. The number of anilines is 1. The number of carbonyl (C=O) groups excluding carboxylic acids is 2. The fraction of sp³-hybridized carbons (Fsp3) is 0.308. The molecule has 6 nitrogen and oxygen atoms in total. The zero-order valence-corrected chi connectivity index (χ0v) is 19.8. The minimum absolute atomic E-state index is 0.0909. The molecule has 0 saturated heterocycles. The lowest BCUT2D eigenvalue weighted by Crippen LogP contribution is -2.34. The van der Waals surface area contributed by atoms with Gasteiger partial charge < -0.3 is 21.1 Å². The maximum atomic E-state index is 12.3. The minimum atomic E-state index is -0.809. The zero-order valence-electron chi connectivity index (χ0n) is 19.0. The predicted octanol–water partition coefficient (Wildman–Crippen LogP) is 4.90. The van der Waals surface area contributed by atoms with Gasteiger partial charge in [-0.1, -0.05) is 30.3 Å². The number of benzene rings is 2. The molecular formula is C26H28ClN3O3. The van der Waals surface area contributed by atoms with Gasteiger partial charge in [0.1, 0.15) is 0 Å². The van der Waals surface area contributed by atoms with Crippen LogP contribution in [0.2, 0.25) is 5.02 Å². The number of fused-ring (bicyclic) bond motifs is 3. The van der Waals surface area contributed by atoms with Crippen LogP contribution in [0.25, 0.3) is 22.0 Å². The molecule has 1 heterocycles.